The third-order valence-electron chi connectivity index (χ3n) is 3.42. The van der Waals surface area contributed by atoms with Gasteiger partial charge in [0.25, 0.3) is 0 Å². The minimum Gasteiger partial charge on any atom is -0.395 e. The Labute approximate surface area is 107 Å². The lowest BCUT2D eigenvalue weighted by atomic mass is 10.2. The molecule has 96 valence electrons. The van der Waals surface area contributed by atoms with E-state index in [-0.39, 0.29) is 6.61 Å². The highest BCUT2D eigenvalue weighted by Crippen LogP contribution is 2.21. The van der Waals surface area contributed by atoms with Crippen LogP contribution in [0.2, 0.25) is 0 Å². The monoisotopic (exact) mass is 254 g/mol. The standard InChI is InChI=1S/C13H22N2OS/c1-2-3-6-13-14-11(10-17-13)8-15-7-4-5-12(15)9-16/h10,12,16H,2-9H2,1H3/t12-/m1/s1. The molecule has 1 aliphatic rings. The summed E-state index contributed by atoms with van der Waals surface area (Å²) >= 11 is 1.78. The Morgan fingerprint density at radius 1 is 1.59 bits per heavy atom. The van der Waals surface area contributed by atoms with E-state index in [0.717, 1.165) is 25.9 Å². The number of aryl methyl sites for hydroxylation is 1. The molecule has 1 aliphatic heterocycles. The fraction of sp³-hybridized carbons (Fsp3) is 0.769. The summed E-state index contributed by atoms with van der Waals surface area (Å²) in [5.41, 5.74) is 1.18. The van der Waals surface area contributed by atoms with Gasteiger partial charge >= 0.3 is 0 Å². The van der Waals surface area contributed by atoms with E-state index in [4.69, 9.17) is 0 Å². The molecule has 0 spiro atoms. The molecule has 0 aliphatic carbocycles. The average molecular weight is 254 g/mol. The highest BCUT2D eigenvalue weighted by atomic mass is 32.1. The van der Waals surface area contributed by atoms with Crippen LogP contribution in [0, 0.1) is 0 Å². The smallest absolute Gasteiger partial charge is 0.0928 e. The molecule has 1 aromatic rings. The molecule has 4 heteroatoms. The van der Waals surface area contributed by atoms with Crippen molar-refractivity contribution in [2.75, 3.05) is 13.2 Å². The molecule has 17 heavy (non-hydrogen) atoms. The lowest BCUT2D eigenvalue weighted by Crippen LogP contribution is -2.31. The second-order valence-electron chi connectivity index (χ2n) is 4.79. The summed E-state index contributed by atoms with van der Waals surface area (Å²) < 4.78 is 0. The summed E-state index contributed by atoms with van der Waals surface area (Å²) in [4.78, 5) is 7.03. The number of hydrogen-bond acceptors (Lipinski definition) is 4. The van der Waals surface area contributed by atoms with Gasteiger partial charge < -0.3 is 5.11 Å². The van der Waals surface area contributed by atoms with Gasteiger partial charge in [0, 0.05) is 18.0 Å². The summed E-state index contributed by atoms with van der Waals surface area (Å²) in [7, 11) is 0. The first kappa shape index (κ1) is 13.0. The van der Waals surface area contributed by atoms with Gasteiger partial charge in [-0.1, -0.05) is 13.3 Å². The zero-order valence-corrected chi connectivity index (χ0v) is 11.4. The lowest BCUT2D eigenvalue weighted by molar-refractivity contribution is 0.152. The fourth-order valence-corrected chi connectivity index (χ4v) is 3.21. The first-order chi connectivity index (χ1) is 8.33. The van der Waals surface area contributed by atoms with Crippen LogP contribution < -0.4 is 0 Å². The van der Waals surface area contributed by atoms with Crippen LogP contribution in [-0.2, 0) is 13.0 Å². The predicted molar refractivity (Wildman–Crippen MR) is 71.2 cm³/mol. The van der Waals surface area contributed by atoms with Crippen LogP contribution in [0.5, 0.6) is 0 Å². The third-order valence-corrected chi connectivity index (χ3v) is 4.38. The first-order valence-electron chi connectivity index (χ1n) is 6.61. The van der Waals surface area contributed by atoms with E-state index in [9.17, 15) is 5.11 Å². The molecule has 0 radical (unpaired) electrons. The normalized spacial score (nSPS) is 21.2. The molecule has 0 saturated carbocycles. The second-order valence-corrected chi connectivity index (χ2v) is 5.73. The molecule has 2 rings (SSSR count). The van der Waals surface area contributed by atoms with Crippen LogP contribution in [-0.4, -0.2) is 34.2 Å². The van der Waals surface area contributed by atoms with E-state index < -0.39 is 0 Å². The number of unbranched alkanes of at least 4 members (excludes halogenated alkanes) is 1. The van der Waals surface area contributed by atoms with Crippen molar-refractivity contribution < 1.29 is 5.11 Å². The van der Waals surface area contributed by atoms with E-state index in [1.54, 1.807) is 11.3 Å². The minimum atomic E-state index is 0.285. The second kappa shape index (κ2) is 6.47. The van der Waals surface area contributed by atoms with Gasteiger partial charge in [-0.2, -0.15) is 0 Å². The number of aliphatic hydroxyl groups excluding tert-OH is 1. The van der Waals surface area contributed by atoms with Crippen LogP contribution in [0.4, 0.5) is 0 Å². The first-order valence-corrected chi connectivity index (χ1v) is 7.49. The lowest BCUT2D eigenvalue weighted by Gasteiger charge is -2.21. The number of aliphatic hydroxyl groups is 1. The Balaban J connectivity index is 1.87. The highest BCUT2D eigenvalue weighted by molar-refractivity contribution is 7.09. The predicted octanol–water partition coefficient (Wildman–Crippen LogP) is 2.44. The van der Waals surface area contributed by atoms with Gasteiger partial charge in [0.15, 0.2) is 0 Å². The molecule has 0 aromatic carbocycles. The molecular formula is C13H22N2OS. The van der Waals surface area contributed by atoms with Gasteiger partial charge in [0.1, 0.15) is 0 Å². The van der Waals surface area contributed by atoms with E-state index in [1.807, 2.05) is 0 Å². The maximum Gasteiger partial charge on any atom is 0.0928 e. The molecule has 1 N–H and O–H groups in total. The molecular weight excluding hydrogens is 232 g/mol. The maximum atomic E-state index is 9.28. The molecule has 0 bridgehead atoms. The van der Waals surface area contributed by atoms with Crippen molar-refractivity contribution in [2.24, 2.45) is 0 Å². The average Bonchev–Trinajstić information content (AvgIpc) is 2.96. The number of hydrogen-bond donors (Lipinski definition) is 1. The van der Waals surface area contributed by atoms with E-state index >= 15 is 0 Å². The molecule has 1 fully saturated rings. The molecule has 3 nitrogen and oxygen atoms in total. The quantitative estimate of drug-likeness (QED) is 0.847. The van der Waals surface area contributed by atoms with Crippen molar-refractivity contribution in [3.63, 3.8) is 0 Å². The molecule has 0 amide bonds. The van der Waals surface area contributed by atoms with Gasteiger partial charge in [0.05, 0.1) is 17.3 Å². The minimum absolute atomic E-state index is 0.285. The summed E-state index contributed by atoms with van der Waals surface area (Å²) in [6.07, 6.45) is 5.91. The van der Waals surface area contributed by atoms with Gasteiger partial charge in [0.2, 0.25) is 0 Å². The van der Waals surface area contributed by atoms with Crippen LogP contribution in [0.25, 0.3) is 0 Å². The molecule has 1 aromatic heterocycles. The van der Waals surface area contributed by atoms with Gasteiger partial charge in [-0.3, -0.25) is 4.90 Å². The Kier molecular flexibility index (Phi) is 4.95. The van der Waals surface area contributed by atoms with Crippen LogP contribution in [0.15, 0.2) is 5.38 Å². The Bertz CT molecular complexity index is 340. The Morgan fingerprint density at radius 2 is 2.47 bits per heavy atom. The maximum absolute atomic E-state index is 9.28. The van der Waals surface area contributed by atoms with E-state index in [0.29, 0.717) is 6.04 Å². The van der Waals surface area contributed by atoms with Crippen molar-refractivity contribution in [2.45, 2.75) is 51.6 Å². The molecule has 2 heterocycles. The molecule has 1 atom stereocenters. The highest BCUT2D eigenvalue weighted by Gasteiger charge is 2.24. The van der Waals surface area contributed by atoms with Crippen molar-refractivity contribution in [3.05, 3.63) is 16.1 Å². The Morgan fingerprint density at radius 3 is 3.24 bits per heavy atom. The largest absolute Gasteiger partial charge is 0.395 e. The van der Waals surface area contributed by atoms with Crippen molar-refractivity contribution in [1.82, 2.24) is 9.88 Å². The van der Waals surface area contributed by atoms with Crippen molar-refractivity contribution in [3.8, 4) is 0 Å². The van der Waals surface area contributed by atoms with Crippen LogP contribution in [0.1, 0.15) is 43.3 Å². The molecule has 0 unspecified atom stereocenters. The number of rotatable bonds is 6. The van der Waals surface area contributed by atoms with E-state index in [1.165, 1.54) is 30.0 Å². The fourth-order valence-electron chi connectivity index (χ4n) is 2.38. The van der Waals surface area contributed by atoms with Crippen molar-refractivity contribution >= 4 is 11.3 Å². The Hall–Kier alpha value is -0.450. The molecule has 1 saturated heterocycles. The van der Waals surface area contributed by atoms with E-state index in [2.05, 4.69) is 22.2 Å². The van der Waals surface area contributed by atoms with Crippen LogP contribution in [0.3, 0.4) is 0 Å². The number of aromatic nitrogens is 1. The summed E-state index contributed by atoms with van der Waals surface area (Å²) in [6, 6.07) is 0.357. The third kappa shape index (κ3) is 3.50. The zero-order chi connectivity index (χ0) is 12.1. The summed E-state index contributed by atoms with van der Waals surface area (Å²) in [5, 5.41) is 12.7. The number of nitrogens with zero attached hydrogens (tertiary/aromatic N) is 2. The van der Waals surface area contributed by atoms with Crippen molar-refractivity contribution in [1.29, 1.82) is 0 Å². The van der Waals surface area contributed by atoms with Gasteiger partial charge in [-0.25, -0.2) is 4.98 Å². The summed E-state index contributed by atoms with van der Waals surface area (Å²) in [6.45, 7) is 4.51. The topological polar surface area (TPSA) is 36.4 Å². The number of likely N-dealkylation sites (tertiary alicyclic amines) is 1. The number of thiazole rings is 1. The SMILES string of the molecule is CCCCc1nc(CN2CCC[C@@H]2CO)cs1. The van der Waals surface area contributed by atoms with Gasteiger partial charge in [-0.05, 0) is 32.2 Å². The van der Waals surface area contributed by atoms with Crippen LogP contribution >= 0.6 is 11.3 Å². The van der Waals surface area contributed by atoms with Gasteiger partial charge in [-0.15, -0.1) is 11.3 Å². The summed E-state index contributed by atoms with van der Waals surface area (Å²) in [5.74, 6) is 0. The zero-order valence-electron chi connectivity index (χ0n) is 10.6.